The molecule has 10 heteroatoms. The van der Waals surface area contributed by atoms with E-state index in [1.54, 1.807) is 10.6 Å². The minimum Gasteiger partial charge on any atom is -0.466 e. The van der Waals surface area contributed by atoms with Crippen molar-refractivity contribution >= 4 is 74.5 Å². The molecule has 0 bridgehead atoms. The predicted octanol–water partition coefficient (Wildman–Crippen LogP) is 3.93. The molecule has 0 unspecified atom stereocenters. The number of carbonyl (C=O) groups excluding carboxylic acids is 2. The van der Waals surface area contributed by atoms with Crippen LogP contribution in [-0.2, 0) is 14.3 Å². The van der Waals surface area contributed by atoms with Crippen molar-refractivity contribution in [2.75, 3.05) is 7.11 Å². The summed E-state index contributed by atoms with van der Waals surface area (Å²) in [5.41, 5.74) is 2.04. The van der Waals surface area contributed by atoms with Gasteiger partial charge >= 0.3 is 11.9 Å². The Labute approximate surface area is 232 Å². The average molecular weight is 714 g/mol. The zero-order valence-corrected chi connectivity index (χ0v) is 24.1. The first-order chi connectivity index (χ1) is 16.7. The fourth-order valence-electron chi connectivity index (χ4n) is 3.90. The van der Waals surface area contributed by atoms with E-state index in [-0.39, 0.29) is 5.56 Å². The summed E-state index contributed by atoms with van der Waals surface area (Å²) in [5, 5.41) is 0. The van der Waals surface area contributed by atoms with Crippen LogP contribution in [0, 0.1) is 7.14 Å². The zero-order chi connectivity index (χ0) is 25.3. The number of methoxy groups -OCH3 is 1. The van der Waals surface area contributed by atoms with Crippen LogP contribution in [0.15, 0.2) is 63.5 Å². The molecule has 180 valence electrons. The summed E-state index contributed by atoms with van der Waals surface area (Å²) in [6.07, 6.45) is 2.21. The van der Waals surface area contributed by atoms with Crippen molar-refractivity contribution in [1.82, 2.24) is 4.57 Å². The molecular formula is C25H20I2N2O5S. The van der Waals surface area contributed by atoms with Gasteiger partial charge in [0, 0.05) is 16.1 Å². The Kier molecular flexibility index (Phi) is 7.91. The fraction of sp³-hybridized carbons (Fsp3) is 0.200. The quantitative estimate of drug-likeness (QED) is 0.227. The van der Waals surface area contributed by atoms with Gasteiger partial charge in [-0.1, -0.05) is 48.6 Å². The molecule has 0 spiro atoms. The molecule has 0 fully saturated rings. The van der Waals surface area contributed by atoms with E-state index in [9.17, 15) is 14.4 Å². The Balaban J connectivity index is 2.01. The van der Waals surface area contributed by atoms with Gasteiger partial charge in [0.2, 0.25) is 0 Å². The molecule has 1 aliphatic rings. The van der Waals surface area contributed by atoms with Gasteiger partial charge in [0.1, 0.15) is 0 Å². The Morgan fingerprint density at radius 1 is 1.20 bits per heavy atom. The molecule has 0 N–H and O–H groups in total. The fourth-order valence-corrected chi connectivity index (χ4v) is 6.91. The lowest BCUT2D eigenvalue weighted by molar-refractivity contribution is -0.136. The van der Waals surface area contributed by atoms with Gasteiger partial charge in [-0.15, -0.1) is 0 Å². The van der Waals surface area contributed by atoms with Crippen LogP contribution in [0.2, 0.25) is 0 Å². The number of hydrogen-bond acceptors (Lipinski definition) is 7. The molecular weight excluding hydrogens is 694 g/mol. The molecule has 2 aromatic carbocycles. The Morgan fingerprint density at radius 2 is 1.91 bits per heavy atom. The standard InChI is InChI=1S/C25H20I2N2O5S/c1-4-18-20(24(32)33-3)21(14-8-6-5-7-9-14)29-23(31)19(35-25(29)28-18)11-15-10-16(26)12-17(27)22(15)34-13(2)30/h5-12,21H,4H2,1-3H3/b19-11+/t21-/m0/s1. The van der Waals surface area contributed by atoms with Crippen molar-refractivity contribution in [2.45, 2.75) is 26.3 Å². The molecule has 0 amide bonds. The van der Waals surface area contributed by atoms with E-state index in [4.69, 9.17) is 9.47 Å². The smallest absolute Gasteiger partial charge is 0.338 e. The number of hydrogen-bond donors (Lipinski definition) is 0. The van der Waals surface area contributed by atoms with Gasteiger partial charge in [-0.25, -0.2) is 9.79 Å². The largest absolute Gasteiger partial charge is 0.466 e. The highest BCUT2D eigenvalue weighted by Gasteiger charge is 2.33. The van der Waals surface area contributed by atoms with Crippen LogP contribution < -0.4 is 19.6 Å². The third kappa shape index (κ3) is 5.14. The molecule has 7 nitrogen and oxygen atoms in total. The first-order valence-corrected chi connectivity index (χ1v) is 13.6. The summed E-state index contributed by atoms with van der Waals surface area (Å²) in [6.45, 7) is 3.25. The summed E-state index contributed by atoms with van der Waals surface area (Å²) in [5.74, 6) is -0.564. The van der Waals surface area contributed by atoms with Gasteiger partial charge in [-0.3, -0.25) is 14.2 Å². The van der Waals surface area contributed by atoms with E-state index in [0.29, 0.717) is 38.3 Å². The van der Waals surface area contributed by atoms with Crippen molar-refractivity contribution in [3.8, 4) is 5.75 Å². The van der Waals surface area contributed by atoms with Gasteiger partial charge in [-0.05, 0) is 75.4 Å². The zero-order valence-electron chi connectivity index (χ0n) is 19.0. The van der Waals surface area contributed by atoms with Gasteiger partial charge in [0.25, 0.3) is 5.56 Å². The minimum atomic E-state index is -0.666. The lowest BCUT2D eigenvalue weighted by Gasteiger charge is -2.25. The van der Waals surface area contributed by atoms with E-state index < -0.39 is 18.0 Å². The van der Waals surface area contributed by atoms with E-state index in [1.807, 2.05) is 49.4 Å². The number of esters is 2. The number of nitrogens with zero attached hydrogens (tertiary/aromatic N) is 2. The summed E-state index contributed by atoms with van der Waals surface area (Å²) >= 11 is 5.52. The normalized spacial score (nSPS) is 15.5. The average Bonchev–Trinajstić information content (AvgIpc) is 3.14. The topological polar surface area (TPSA) is 87.0 Å². The first kappa shape index (κ1) is 25.8. The molecule has 0 saturated heterocycles. The number of benzene rings is 2. The maximum atomic E-state index is 13.8. The van der Waals surface area contributed by atoms with Gasteiger partial charge in [0.05, 0.1) is 32.5 Å². The molecule has 1 atom stereocenters. The predicted molar refractivity (Wildman–Crippen MR) is 150 cm³/mol. The van der Waals surface area contributed by atoms with Crippen molar-refractivity contribution < 1.29 is 19.1 Å². The first-order valence-electron chi connectivity index (χ1n) is 10.6. The van der Waals surface area contributed by atoms with Crippen LogP contribution in [0.5, 0.6) is 5.75 Å². The number of ether oxygens (including phenoxy) is 2. The van der Waals surface area contributed by atoms with Crippen molar-refractivity contribution in [3.05, 3.63) is 91.7 Å². The molecule has 1 aliphatic heterocycles. The van der Waals surface area contributed by atoms with Gasteiger partial charge < -0.3 is 9.47 Å². The molecule has 0 aliphatic carbocycles. The van der Waals surface area contributed by atoms with E-state index in [2.05, 4.69) is 50.2 Å². The third-order valence-electron chi connectivity index (χ3n) is 5.34. The second-order valence-electron chi connectivity index (χ2n) is 7.60. The van der Waals surface area contributed by atoms with E-state index in [0.717, 1.165) is 12.7 Å². The molecule has 1 aromatic heterocycles. The van der Waals surface area contributed by atoms with Crippen LogP contribution >= 0.6 is 56.5 Å². The molecule has 4 rings (SSSR count). The third-order valence-corrected chi connectivity index (χ3v) is 7.74. The second kappa shape index (κ2) is 10.7. The Hall–Kier alpha value is -2.32. The molecule has 2 heterocycles. The van der Waals surface area contributed by atoms with Gasteiger partial charge in [-0.2, -0.15) is 0 Å². The van der Waals surface area contributed by atoms with E-state index in [1.165, 1.54) is 25.4 Å². The number of allylic oxidation sites excluding steroid dienone is 1. The number of rotatable bonds is 5. The number of aromatic nitrogens is 1. The summed E-state index contributed by atoms with van der Waals surface area (Å²) in [7, 11) is 1.32. The maximum absolute atomic E-state index is 13.8. The highest BCUT2D eigenvalue weighted by atomic mass is 127. The Morgan fingerprint density at radius 3 is 2.54 bits per heavy atom. The maximum Gasteiger partial charge on any atom is 0.338 e. The highest BCUT2D eigenvalue weighted by molar-refractivity contribution is 14.1. The molecule has 0 radical (unpaired) electrons. The number of thiazole rings is 1. The van der Waals surface area contributed by atoms with Crippen molar-refractivity contribution in [2.24, 2.45) is 4.99 Å². The van der Waals surface area contributed by atoms with Crippen LogP contribution in [-0.4, -0.2) is 23.6 Å². The molecule has 3 aromatic rings. The summed E-state index contributed by atoms with van der Waals surface area (Å²) in [4.78, 5) is 43.5. The number of carbonyl (C=O) groups is 2. The molecule has 35 heavy (non-hydrogen) atoms. The van der Waals surface area contributed by atoms with Crippen LogP contribution in [0.3, 0.4) is 0 Å². The lowest BCUT2D eigenvalue weighted by atomic mass is 9.95. The lowest BCUT2D eigenvalue weighted by Crippen LogP contribution is -2.40. The van der Waals surface area contributed by atoms with Crippen LogP contribution in [0.4, 0.5) is 0 Å². The summed E-state index contributed by atoms with van der Waals surface area (Å²) in [6, 6.07) is 12.4. The van der Waals surface area contributed by atoms with Gasteiger partial charge in [0.15, 0.2) is 10.6 Å². The Bertz CT molecular complexity index is 1540. The number of fused-ring (bicyclic) bond motifs is 1. The van der Waals surface area contributed by atoms with Crippen molar-refractivity contribution in [1.29, 1.82) is 0 Å². The van der Waals surface area contributed by atoms with E-state index >= 15 is 0 Å². The highest BCUT2D eigenvalue weighted by Crippen LogP contribution is 2.32. The minimum absolute atomic E-state index is 0.290. The van der Waals surface area contributed by atoms with Crippen molar-refractivity contribution in [3.63, 3.8) is 0 Å². The van der Waals surface area contributed by atoms with Crippen LogP contribution in [0.25, 0.3) is 6.08 Å². The monoisotopic (exact) mass is 714 g/mol. The number of halogens is 2. The van der Waals surface area contributed by atoms with Crippen LogP contribution in [0.1, 0.15) is 37.4 Å². The second-order valence-corrected chi connectivity index (χ2v) is 11.0. The molecule has 0 saturated carbocycles. The SMILES string of the molecule is CCC1=C(C(=O)OC)[C@H](c2ccccc2)n2c(s/c(=C/c3cc(I)cc(I)c3OC(C)=O)c2=O)=N1. The summed E-state index contributed by atoms with van der Waals surface area (Å²) < 4.78 is 14.2.